The van der Waals surface area contributed by atoms with Crippen LogP contribution >= 0.6 is 22.6 Å². The van der Waals surface area contributed by atoms with Crippen LogP contribution < -0.4 is 10.6 Å². The molecule has 80 valence electrons. The van der Waals surface area contributed by atoms with E-state index in [-0.39, 0.29) is 5.91 Å². The summed E-state index contributed by atoms with van der Waals surface area (Å²) in [6.45, 7) is 2.82. The highest BCUT2D eigenvalue weighted by Crippen LogP contribution is 2.07. The van der Waals surface area contributed by atoms with E-state index in [4.69, 9.17) is 0 Å². The van der Waals surface area contributed by atoms with Crippen LogP contribution in [-0.4, -0.2) is 25.5 Å². The van der Waals surface area contributed by atoms with E-state index in [1.54, 1.807) is 0 Å². The highest BCUT2D eigenvalue weighted by Gasteiger charge is 2.17. The molecule has 0 radical (unpaired) electrons. The Labute approximate surface area is 103 Å². The van der Waals surface area contributed by atoms with Crippen LogP contribution in [0.1, 0.15) is 10.4 Å². The van der Waals surface area contributed by atoms with Gasteiger partial charge in [0.2, 0.25) is 0 Å². The summed E-state index contributed by atoms with van der Waals surface area (Å²) in [5.41, 5.74) is 0.739. The molecular weight excluding hydrogens is 303 g/mol. The van der Waals surface area contributed by atoms with E-state index in [1.165, 1.54) is 0 Å². The topological polar surface area (TPSA) is 41.1 Å². The smallest absolute Gasteiger partial charge is 0.251 e. The molecule has 0 atom stereocenters. The second-order valence-electron chi connectivity index (χ2n) is 3.74. The van der Waals surface area contributed by atoms with Gasteiger partial charge in [-0.25, -0.2) is 0 Å². The van der Waals surface area contributed by atoms with Crippen LogP contribution in [0.25, 0.3) is 0 Å². The van der Waals surface area contributed by atoms with Crippen LogP contribution in [0.15, 0.2) is 24.3 Å². The van der Waals surface area contributed by atoms with E-state index in [0.29, 0.717) is 5.92 Å². The molecule has 1 amide bonds. The van der Waals surface area contributed by atoms with E-state index < -0.39 is 0 Å². The van der Waals surface area contributed by atoms with Crippen molar-refractivity contribution in [2.75, 3.05) is 19.6 Å². The Hall–Kier alpha value is -0.620. The lowest BCUT2D eigenvalue weighted by atomic mass is 10.0. The third-order valence-electron chi connectivity index (χ3n) is 2.52. The molecule has 0 spiro atoms. The number of nitrogens with one attached hydrogen (secondary N) is 2. The van der Waals surface area contributed by atoms with Crippen molar-refractivity contribution in [3.8, 4) is 0 Å². The van der Waals surface area contributed by atoms with E-state index >= 15 is 0 Å². The summed E-state index contributed by atoms with van der Waals surface area (Å²) in [7, 11) is 0. The van der Waals surface area contributed by atoms with Crippen molar-refractivity contribution >= 4 is 28.5 Å². The number of benzene rings is 1. The van der Waals surface area contributed by atoms with E-state index in [0.717, 1.165) is 28.8 Å². The molecule has 1 aromatic rings. The lowest BCUT2D eigenvalue weighted by Crippen LogP contribution is -2.48. The summed E-state index contributed by atoms with van der Waals surface area (Å²) in [5.74, 6) is 0.635. The Bertz CT molecular complexity index is 346. The second kappa shape index (κ2) is 4.94. The minimum Gasteiger partial charge on any atom is -0.352 e. The van der Waals surface area contributed by atoms with Gasteiger partial charge in [0.05, 0.1) is 0 Å². The van der Waals surface area contributed by atoms with Crippen LogP contribution in [-0.2, 0) is 0 Å². The first-order valence-corrected chi connectivity index (χ1v) is 6.08. The number of hydrogen-bond acceptors (Lipinski definition) is 2. The molecule has 1 aliphatic heterocycles. The fraction of sp³-hybridized carbons (Fsp3) is 0.364. The first kappa shape index (κ1) is 10.9. The normalized spacial score (nSPS) is 15.8. The molecule has 3 nitrogen and oxygen atoms in total. The number of rotatable bonds is 3. The van der Waals surface area contributed by atoms with Crippen LogP contribution in [0.3, 0.4) is 0 Å². The van der Waals surface area contributed by atoms with Crippen LogP contribution in [0.2, 0.25) is 0 Å². The minimum absolute atomic E-state index is 0.0262. The Balaban J connectivity index is 1.86. The summed E-state index contributed by atoms with van der Waals surface area (Å²) in [6, 6.07) is 7.60. The van der Waals surface area contributed by atoms with Gasteiger partial charge < -0.3 is 10.6 Å². The molecule has 0 saturated carbocycles. The van der Waals surface area contributed by atoms with E-state index in [1.807, 2.05) is 24.3 Å². The van der Waals surface area contributed by atoms with Crippen molar-refractivity contribution in [2.24, 2.45) is 5.92 Å². The van der Waals surface area contributed by atoms with Crippen molar-refractivity contribution < 1.29 is 4.79 Å². The summed E-state index contributed by atoms with van der Waals surface area (Å²) in [5, 5.41) is 6.12. The lowest BCUT2D eigenvalue weighted by molar-refractivity contribution is 0.0942. The highest BCUT2D eigenvalue weighted by molar-refractivity contribution is 14.1. The van der Waals surface area contributed by atoms with Crippen molar-refractivity contribution in [2.45, 2.75) is 0 Å². The number of hydrogen-bond donors (Lipinski definition) is 2. The standard InChI is InChI=1S/C11H13IN2O/c12-10-3-1-9(2-4-10)11(15)14-7-8-5-13-6-8/h1-4,8,13H,5-7H2,(H,14,15). The predicted octanol–water partition coefficient (Wildman–Crippen LogP) is 1.24. The molecule has 0 aromatic heterocycles. The van der Waals surface area contributed by atoms with Gasteiger partial charge in [0, 0.05) is 34.7 Å². The van der Waals surface area contributed by atoms with Crippen molar-refractivity contribution in [3.05, 3.63) is 33.4 Å². The van der Waals surface area contributed by atoms with Gasteiger partial charge in [-0.2, -0.15) is 0 Å². The van der Waals surface area contributed by atoms with Gasteiger partial charge >= 0.3 is 0 Å². The van der Waals surface area contributed by atoms with Crippen LogP contribution in [0.4, 0.5) is 0 Å². The first-order chi connectivity index (χ1) is 7.25. The predicted molar refractivity (Wildman–Crippen MR) is 67.9 cm³/mol. The van der Waals surface area contributed by atoms with Gasteiger partial charge in [-0.1, -0.05) is 0 Å². The quantitative estimate of drug-likeness (QED) is 0.824. The molecule has 15 heavy (non-hydrogen) atoms. The van der Waals surface area contributed by atoms with Gasteiger partial charge in [0.1, 0.15) is 0 Å². The summed E-state index contributed by atoms with van der Waals surface area (Å²) < 4.78 is 1.15. The summed E-state index contributed by atoms with van der Waals surface area (Å²) >= 11 is 2.23. The van der Waals surface area contributed by atoms with Crippen LogP contribution in [0.5, 0.6) is 0 Å². The Morgan fingerprint density at radius 1 is 1.40 bits per heavy atom. The zero-order chi connectivity index (χ0) is 10.7. The summed E-state index contributed by atoms with van der Waals surface area (Å²) in [6.07, 6.45) is 0. The summed E-state index contributed by atoms with van der Waals surface area (Å²) in [4.78, 5) is 11.7. The highest BCUT2D eigenvalue weighted by atomic mass is 127. The maximum Gasteiger partial charge on any atom is 0.251 e. The van der Waals surface area contributed by atoms with Crippen molar-refractivity contribution in [1.82, 2.24) is 10.6 Å². The fourth-order valence-corrected chi connectivity index (χ4v) is 1.79. The zero-order valence-electron chi connectivity index (χ0n) is 8.29. The van der Waals surface area contributed by atoms with Gasteiger partial charge in [0.15, 0.2) is 0 Å². The third-order valence-corrected chi connectivity index (χ3v) is 3.24. The molecule has 2 N–H and O–H groups in total. The molecule has 1 fully saturated rings. The van der Waals surface area contributed by atoms with Crippen molar-refractivity contribution in [3.63, 3.8) is 0 Å². The monoisotopic (exact) mass is 316 g/mol. The number of halogens is 1. The fourth-order valence-electron chi connectivity index (χ4n) is 1.43. The molecule has 1 heterocycles. The maximum absolute atomic E-state index is 11.7. The molecule has 2 rings (SSSR count). The Morgan fingerprint density at radius 2 is 2.07 bits per heavy atom. The first-order valence-electron chi connectivity index (χ1n) is 5.00. The van der Waals surface area contributed by atoms with E-state index in [9.17, 15) is 4.79 Å². The number of amides is 1. The molecular formula is C11H13IN2O. The Kier molecular flexibility index (Phi) is 3.58. The van der Waals surface area contributed by atoms with Gasteiger partial charge in [-0.3, -0.25) is 4.79 Å². The Morgan fingerprint density at radius 3 is 2.60 bits per heavy atom. The number of carbonyl (C=O) groups excluding carboxylic acids is 1. The molecule has 0 bridgehead atoms. The van der Waals surface area contributed by atoms with Gasteiger partial charge in [-0.15, -0.1) is 0 Å². The molecule has 1 aromatic carbocycles. The molecule has 4 heteroatoms. The maximum atomic E-state index is 11.7. The molecule has 0 unspecified atom stereocenters. The average Bonchev–Trinajstić information content (AvgIpc) is 2.16. The number of carbonyl (C=O) groups is 1. The minimum atomic E-state index is 0.0262. The zero-order valence-corrected chi connectivity index (χ0v) is 10.5. The largest absolute Gasteiger partial charge is 0.352 e. The van der Waals surface area contributed by atoms with Crippen molar-refractivity contribution in [1.29, 1.82) is 0 Å². The van der Waals surface area contributed by atoms with Crippen LogP contribution in [0, 0.1) is 9.49 Å². The molecule has 1 saturated heterocycles. The molecule has 0 aliphatic carbocycles. The van der Waals surface area contributed by atoms with Gasteiger partial charge in [0.25, 0.3) is 5.91 Å². The SMILES string of the molecule is O=C(NCC1CNC1)c1ccc(I)cc1. The van der Waals surface area contributed by atoms with Gasteiger partial charge in [-0.05, 0) is 46.9 Å². The molecule has 1 aliphatic rings. The second-order valence-corrected chi connectivity index (χ2v) is 4.99. The third kappa shape index (κ3) is 2.92. The average molecular weight is 316 g/mol. The van der Waals surface area contributed by atoms with E-state index in [2.05, 4.69) is 33.2 Å². The lowest BCUT2D eigenvalue weighted by Gasteiger charge is -2.27.